The second kappa shape index (κ2) is 8.68. The maximum absolute atomic E-state index is 12.7. The number of sulfonamides is 1. The normalized spacial score (nSPS) is 15.5. The van der Waals surface area contributed by atoms with Gasteiger partial charge in [0, 0.05) is 47.4 Å². The van der Waals surface area contributed by atoms with Crippen LogP contribution in [0.2, 0.25) is 0 Å². The summed E-state index contributed by atoms with van der Waals surface area (Å²) in [5.74, 6) is 1.85. The SMILES string of the molecule is COc1ccc(Br)cc1CNC(=O)c1cc(S(=O)(=O)N2CCSCC2)c[nH]1. The second-order valence-electron chi connectivity index (χ2n) is 5.90. The highest BCUT2D eigenvalue weighted by Crippen LogP contribution is 2.23. The molecule has 3 rings (SSSR count). The molecule has 1 aromatic heterocycles. The van der Waals surface area contributed by atoms with E-state index in [2.05, 4.69) is 26.2 Å². The van der Waals surface area contributed by atoms with Gasteiger partial charge in [0.2, 0.25) is 10.0 Å². The lowest BCUT2D eigenvalue weighted by atomic mass is 10.2. The standard InChI is InChI=1S/C17H20BrN3O4S2/c1-25-16-3-2-13(18)8-12(16)10-20-17(22)15-9-14(11-19-15)27(23,24)21-4-6-26-7-5-21/h2-3,8-9,11,19H,4-7,10H2,1H3,(H,20,22). The van der Waals surface area contributed by atoms with E-state index >= 15 is 0 Å². The number of hydrogen-bond acceptors (Lipinski definition) is 5. The molecule has 1 amide bonds. The monoisotopic (exact) mass is 473 g/mol. The molecule has 1 aliphatic rings. The van der Waals surface area contributed by atoms with E-state index in [4.69, 9.17) is 4.74 Å². The summed E-state index contributed by atoms with van der Waals surface area (Å²) in [5, 5.41) is 2.78. The van der Waals surface area contributed by atoms with E-state index in [1.165, 1.54) is 16.6 Å². The zero-order valence-electron chi connectivity index (χ0n) is 14.7. The molecule has 2 N–H and O–H groups in total. The maximum Gasteiger partial charge on any atom is 0.268 e. The van der Waals surface area contributed by atoms with Gasteiger partial charge in [0.15, 0.2) is 0 Å². The molecule has 0 aliphatic carbocycles. The number of nitrogens with one attached hydrogen (secondary N) is 2. The summed E-state index contributed by atoms with van der Waals surface area (Å²) in [6.45, 7) is 1.23. The van der Waals surface area contributed by atoms with Crippen LogP contribution in [0.25, 0.3) is 0 Å². The van der Waals surface area contributed by atoms with E-state index in [9.17, 15) is 13.2 Å². The number of amides is 1. The summed E-state index contributed by atoms with van der Waals surface area (Å²) in [6.07, 6.45) is 1.37. The van der Waals surface area contributed by atoms with Crippen molar-refractivity contribution in [3.8, 4) is 5.75 Å². The molecule has 146 valence electrons. The van der Waals surface area contributed by atoms with Crippen molar-refractivity contribution in [1.82, 2.24) is 14.6 Å². The highest BCUT2D eigenvalue weighted by Gasteiger charge is 2.27. The molecule has 7 nitrogen and oxygen atoms in total. The summed E-state index contributed by atoms with van der Waals surface area (Å²) >= 11 is 5.13. The molecule has 1 aliphatic heterocycles. The van der Waals surface area contributed by atoms with Crippen LogP contribution in [0.5, 0.6) is 5.75 Å². The molecule has 1 fully saturated rings. The lowest BCUT2D eigenvalue weighted by molar-refractivity contribution is 0.0946. The van der Waals surface area contributed by atoms with E-state index in [1.54, 1.807) is 18.9 Å². The van der Waals surface area contributed by atoms with Crippen LogP contribution in [-0.4, -0.2) is 55.3 Å². The number of aromatic amines is 1. The molecule has 0 unspecified atom stereocenters. The Balaban J connectivity index is 1.69. The highest BCUT2D eigenvalue weighted by atomic mass is 79.9. The van der Waals surface area contributed by atoms with Crippen molar-refractivity contribution in [2.24, 2.45) is 0 Å². The van der Waals surface area contributed by atoms with Crippen molar-refractivity contribution in [3.63, 3.8) is 0 Å². The molecule has 0 radical (unpaired) electrons. The third kappa shape index (κ3) is 4.68. The lowest BCUT2D eigenvalue weighted by Gasteiger charge is -2.24. The van der Waals surface area contributed by atoms with Crippen LogP contribution < -0.4 is 10.1 Å². The Morgan fingerprint density at radius 3 is 2.78 bits per heavy atom. The molecule has 0 bridgehead atoms. The van der Waals surface area contributed by atoms with E-state index < -0.39 is 10.0 Å². The summed E-state index contributed by atoms with van der Waals surface area (Å²) in [7, 11) is -2.01. The van der Waals surface area contributed by atoms with Gasteiger partial charge >= 0.3 is 0 Å². The van der Waals surface area contributed by atoms with Crippen molar-refractivity contribution in [2.75, 3.05) is 31.7 Å². The molecular formula is C17H20BrN3O4S2. The predicted molar refractivity (Wildman–Crippen MR) is 109 cm³/mol. The number of aromatic nitrogens is 1. The zero-order valence-corrected chi connectivity index (χ0v) is 17.9. The minimum atomic E-state index is -3.58. The first-order valence-corrected chi connectivity index (χ1v) is 11.7. The summed E-state index contributed by atoms with van der Waals surface area (Å²) in [5.41, 5.74) is 1.01. The van der Waals surface area contributed by atoms with Gasteiger partial charge in [-0.3, -0.25) is 4.79 Å². The average Bonchev–Trinajstić information content (AvgIpc) is 3.18. The quantitative estimate of drug-likeness (QED) is 0.671. The Morgan fingerprint density at radius 2 is 2.07 bits per heavy atom. The number of hydrogen-bond donors (Lipinski definition) is 2. The number of benzene rings is 1. The predicted octanol–water partition coefficient (Wildman–Crippen LogP) is 2.45. The van der Waals surface area contributed by atoms with Crippen LogP contribution in [-0.2, 0) is 16.6 Å². The van der Waals surface area contributed by atoms with E-state index in [1.807, 2.05) is 18.2 Å². The Kier molecular flexibility index (Phi) is 6.51. The first kappa shape index (κ1) is 20.2. The van der Waals surface area contributed by atoms with Gasteiger partial charge in [0.25, 0.3) is 5.91 Å². The van der Waals surface area contributed by atoms with Crippen molar-refractivity contribution < 1.29 is 17.9 Å². The van der Waals surface area contributed by atoms with Crippen LogP contribution in [0.15, 0.2) is 39.8 Å². The first-order valence-electron chi connectivity index (χ1n) is 8.29. The summed E-state index contributed by atoms with van der Waals surface area (Å²) in [6, 6.07) is 6.90. The molecule has 0 saturated carbocycles. The van der Waals surface area contributed by atoms with Crippen LogP contribution in [0, 0.1) is 0 Å². The minimum absolute atomic E-state index is 0.111. The molecule has 27 heavy (non-hydrogen) atoms. The fourth-order valence-electron chi connectivity index (χ4n) is 2.75. The van der Waals surface area contributed by atoms with Crippen LogP contribution in [0.3, 0.4) is 0 Å². The van der Waals surface area contributed by atoms with Gasteiger partial charge in [-0.25, -0.2) is 8.42 Å². The maximum atomic E-state index is 12.7. The molecule has 0 atom stereocenters. The number of methoxy groups -OCH3 is 1. The number of carbonyl (C=O) groups is 1. The number of nitrogens with zero attached hydrogens (tertiary/aromatic N) is 1. The Labute approximate surface area is 171 Å². The van der Waals surface area contributed by atoms with Crippen molar-refractivity contribution in [3.05, 3.63) is 46.2 Å². The smallest absolute Gasteiger partial charge is 0.268 e. The van der Waals surface area contributed by atoms with Gasteiger partial charge in [-0.15, -0.1) is 0 Å². The Morgan fingerprint density at radius 1 is 1.33 bits per heavy atom. The fraction of sp³-hybridized carbons (Fsp3) is 0.353. The number of thioether (sulfide) groups is 1. The number of carbonyl (C=O) groups excluding carboxylic acids is 1. The summed E-state index contributed by atoms with van der Waals surface area (Å²) < 4.78 is 33.0. The molecule has 2 heterocycles. The number of H-pyrrole nitrogens is 1. The third-order valence-electron chi connectivity index (χ3n) is 4.19. The fourth-order valence-corrected chi connectivity index (χ4v) is 5.73. The number of rotatable bonds is 6. The molecule has 2 aromatic rings. The molecule has 10 heteroatoms. The number of ether oxygens (including phenoxy) is 1. The van der Waals surface area contributed by atoms with Crippen molar-refractivity contribution in [1.29, 1.82) is 0 Å². The minimum Gasteiger partial charge on any atom is -0.496 e. The zero-order chi connectivity index (χ0) is 19.4. The van der Waals surface area contributed by atoms with Crippen molar-refractivity contribution >= 4 is 43.6 Å². The summed E-state index contributed by atoms with van der Waals surface area (Å²) in [4.78, 5) is 15.3. The number of halogens is 1. The van der Waals surface area contributed by atoms with Gasteiger partial charge in [0.05, 0.1) is 7.11 Å². The topological polar surface area (TPSA) is 91.5 Å². The van der Waals surface area contributed by atoms with Crippen LogP contribution >= 0.6 is 27.7 Å². The lowest BCUT2D eigenvalue weighted by Crippen LogP contribution is -2.37. The average molecular weight is 474 g/mol. The van der Waals surface area contributed by atoms with Gasteiger partial charge in [-0.05, 0) is 24.3 Å². The molecule has 1 saturated heterocycles. The van der Waals surface area contributed by atoms with Crippen LogP contribution in [0.4, 0.5) is 0 Å². The van der Waals surface area contributed by atoms with Gasteiger partial charge in [-0.2, -0.15) is 16.1 Å². The Hall–Kier alpha value is -1.49. The van der Waals surface area contributed by atoms with Gasteiger partial charge in [0.1, 0.15) is 16.3 Å². The Bertz CT molecular complexity index is 924. The van der Waals surface area contributed by atoms with Gasteiger partial charge in [-0.1, -0.05) is 15.9 Å². The van der Waals surface area contributed by atoms with E-state index in [0.29, 0.717) is 18.8 Å². The third-order valence-corrected chi connectivity index (χ3v) is 7.50. The van der Waals surface area contributed by atoms with E-state index in [0.717, 1.165) is 21.5 Å². The molecule has 0 spiro atoms. The highest BCUT2D eigenvalue weighted by molar-refractivity contribution is 9.10. The largest absolute Gasteiger partial charge is 0.496 e. The van der Waals surface area contributed by atoms with Gasteiger partial charge < -0.3 is 15.0 Å². The van der Waals surface area contributed by atoms with E-state index in [-0.39, 0.29) is 23.0 Å². The first-order chi connectivity index (χ1) is 12.9. The van der Waals surface area contributed by atoms with Crippen molar-refractivity contribution in [2.45, 2.75) is 11.4 Å². The molecular weight excluding hydrogens is 454 g/mol. The molecule has 1 aromatic carbocycles. The second-order valence-corrected chi connectivity index (χ2v) is 9.98. The van der Waals surface area contributed by atoms with Crippen LogP contribution in [0.1, 0.15) is 16.1 Å².